The third-order valence-corrected chi connectivity index (χ3v) is 1.76. The Hall–Kier alpha value is -2.04. The first-order valence-corrected chi connectivity index (χ1v) is 4.55. The minimum absolute atomic E-state index is 0.657. The first-order chi connectivity index (χ1) is 8.02. The summed E-state index contributed by atoms with van der Waals surface area (Å²) in [6, 6.07) is 8.29. The molecule has 1 N–H and O–H groups in total. The normalized spacial score (nSPS) is 9.41. The van der Waals surface area contributed by atoms with Crippen molar-refractivity contribution in [1.82, 2.24) is 0 Å². The molecule has 0 saturated heterocycles. The number of halogens is 4. The molecular weight excluding hydrogens is 236 g/mol. The zero-order valence-corrected chi connectivity index (χ0v) is 8.50. The Bertz CT molecular complexity index is 458. The zero-order valence-electron chi connectivity index (χ0n) is 8.50. The number of phenols is 1. The van der Waals surface area contributed by atoms with E-state index in [1.807, 2.05) is 0 Å². The van der Waals surface area contributed by atoms with Crippen molar-refractivity contribution in [3.63, 3.8) is 0 Å². The first-order valence-electron chi connectivity index (χ1n) is 4.55. The number of phenolic OH excluding ortho intramolecular Hbond substituents is 1. The number of benzene rings is 2. The SMILES string of the molecule is Fc1ccccc1F.Oc1cccc(F)c1F. The Kier molecular flexibility index (Phi) is 4.51. The smallest absolute Gasteiger partial charge is 0.200 e. The molecule has 0 aromatic heterocycles. The molecule has 1 nitrogen and oxygen atoms in total. The van der Waals surface area contributed by atoms with Gasteiger partial charge in [-0.15, -0.1) is 0 Å². The summed E-state index contributed by atoms with van der Waals surface area (Å²) in [4.78, 5) is 0. The predicted molar refractivity (Wildman–Crippen MR) is 54.4 cm³/mol. The molecule has 0 bridgehead atoms. The minimum atomic E-state index is -1.20. The van der Waals surface area contributed by atoms with Gasteiger partial charge >= 0.3 is 0 Å². The largest absolute Gasteiger partial charge is 0.505 e. The molecule has 2 aromatic rings. The van der Waals surface area contributed by atoms with Crippen LogP contribution in [-0.4, -0.2) is 5.11 Å². The van der Waals surface area contributed by atoms with E-state index in [2.05, 4.69) is 0 Å². The highest BCUT2D eigenvalue weighted by Gasteiger charge is 2.03. The molecule has 0 saturated carbocycles. The molecule has 17 heavy (non-hydrogen) atoms. The Labute approximate surface area is 95.0 Å². The van der Waals surface area contributed by atoms with E-state index >= 15 is 0 Å². The van der Waals surface area contributed by atoms with Crippen LogP contribution in [0.3, 0.4) is 0 Å². The molecule has 90 valence electrons. The molecule has 0 spiro atoms. The van der Waals surface area contributed by atoms with Crippen molar-refractivity contribution in [2.24, 2.45) is 0 Å². The number of rotatable bonds is 0. The van der Waals surface area contributed by atoms with Gasteiger partial charge in [-0.1, -0.05) is 18.2 Å². The molecule has 0 amide bonds. The van der Waals surface area contributed by atoms with Gasteiger partial charge in [-0.3, -0.25) is 0 Å². The van der Waals surface area contributed by atoms with E-state index in [0.717, 1.165) is 24.3 Å². The van der Waals surface area contributed by atoms with Crippen molar-refractivity contribution in [2.45, 2.75) is 0 Å². The van der Waals surface area contributed by atoms with Crippen LogP contribution in [0.4, 0.5) is 17.6 Å². The average Bonchev–Trinajstić information content (AvgIpc) is 2.31. The van der Waals surface area contributed by atoms with E-state index in [1.54, 1.807) is 0 Å². The van der Waals surface area contributed by atoms with E-state index in [-0.39, 0.29) is 0 Å². The van der Waals surface area contributed by atoms with Gasteiger partial charge in [-0.05, 0) is 24.3 Å². The minimum Gasteiger partial charge on any atom is -0.505 e. The molecule has 0 fully saturated rings. The Morgan fingerprint density at radius 3 is 1.47 bits per heavy atom. The van der Waals surface area contributed by atoms with E-state index in [4.69, 9.17) is 5.11 Å². The van der Waals surface area contributed by atoms with Crippen LogP contribution in [0.1, 0.15) is 0 Å². The van der Waals surface area contributed by atoms with Crippen LogP contribution in [-0.2, 0) is 0 Å². The third kappa shape index (κ3) is 3.79. The van der Waals surface area contributed by atoms with Gasteiger partial charge in [0.15, 0.2) is 29.0 Å². The fourth-order valence-corrected chi connectivity index (χ4v) is 0.932. The standard InChI is InChI=1S/C6H4F2O.C6H4F2/c7-4-2-1-3-5(9)6(4)8;7-5-3-1-2-4-6(5)8/h1-3,9H;1-4H. The average molecular weight is 244 g/mol. The van der Waals surface area contributed by atoms with Crippen LogP contribution in [0.25, 0.3) is 0 Å². The molecule has 2 rings (SSSR count). The van der Waals surface area contributed by atoms with Crippen molar-refractivity contribution in [1.29, 1.82) is 0 Å². The lowest BCUT2D eigenvalue weighted by atomic mass is 10.3. The maximum atomic E-state index is 12.1. The summed E-state index contributed by atoms with van der Waals surface area (Å²) in [5.74, 6) is -4.48. The lowest BCUT2D eigenvalue weighted by Gasteiger charge is -1.92. The molecule has 5 heteroatoms. The quantitative estimate of drug-likeness (QED) is 0.701. The number of hydrogen-bond acceptors (Lipinski definition) is 1. The van der Waals surface area contributed by atoms with Crippen LogP contribution >= 0.6 is 0 Å². The van der Waals surface area contributed by atoms with Crippen molar-refractivity contribution < 1.29 is 22.7 Å². The van der Waals surface area contributed by atoms with E-state index in [1.165, 1.54) is 18.2 Å². The van der Waals surface area contributed by atoms with Crippen LogP contribution in [0.15, 0.2) is 42.5 Å². The molecule has 0 radical (unpaired) electrons. The molecule has 0 heterocycles. The molecule has 0 unspecified atom stereocenters. The van der Waals surface area contributed by atoms with Gasteiger partial charge in [-0.2, -0.15) is 4.39 Å². The fourth-order valence-electron chi connectivity index (χ4n) is 0.932. The van der Waals surface area contributed by atoms with Crippen LogP contribution in [0, 0.1) is 23.3 Å². The van der Waals surface area contributed by atoms with Crippen LogP contribution in [0.5, 0.6) is 5.75 Å². The zero-order chi connectivity index (χ0) is 12.8. The van der Waals surface area contributed by atoms with Crippen LogP contribution in [0.2, 0.25) is 0 Å². The van der Waals surface area contributed by atoms with Gasteiger partial charge in [-0.25, -0.2) is 13.2 Å². The van der Waals surface area contributed by atoms with Gasteiger partial charge in [0.2, 0.25) is 0 Å². The first kappa shape index (κ1) is 13.0. The topological polar surface area (TPSA) is 20.2 Å². The highest BCUT2D eigenvalue weighted by molar-refractivity contribution is 5.22. The maximum Gasteiger partial charge on any atom is 0.200 e. The second-order valence-corrected chi connectivity index (χ2v) is 2.99. The van der Waals surface area contributed by atoms with Crippen molar-refractivity contribution >= 4 is 0 Å². The highest BCUT2D eigenvalue weighted by Crippen LogP contribution is 2.16. The highest BCUT2D eigenvalue weighted by atomic mass is 19.2. The fraction of sp³-hybridized carbons (Fsp3) is 0. The van der Waals surface area contributed by atoms with E-state index < -0.39 is 29.0 Å². The van der Waals surface area contributed by atoms with Gasteiger partial charge in [0.05, 0.1) is 0 Å². The summed E-state index contributed by atoms with van der Waals surface area (Å²) in [5.41, 5.74) is 0. The van der Waals surface area contributed by atoms with Gasteiger partial charge in [0.1, 0.15) is 0 Å². The Balaban J connectivity index is 0.000000171. The number of aromatic hydroxyl groups is 1. The summed E-state index contributed by atoms with van der Waals surface area (Å²) >= 11 is 0. The summed E-state index contributed by atoms with van der Waals surface area (Å²) in [5, 5.41) is 8.49. The van der Waals surface area contributed by atoms with Crippen LogP contribution < -0.4 is 0 Å². The van der Waals surface area contributed by atoms with Gasteiger partial charge in [0, 0.05) is 0 Å². The molecule has 0 aliphatic rings. The van der Waals surface area contributed by atoms with Gasteiger partial charge < -0.3 is 5.11 Å². The molecular formula is C12H8F4O. The summed E-state index contributed by atoms with van der Waals surface area (Å²) in [6.45, 7) is 0. The lowest BCUT2D eigenvalue weighted by Crippen LogP contribution is -1.81. The maximum absolute atomic E-state index is 12.1. The van der Waals surface area contributed by atoms with E-state index in [0.29, 0.717) is 0 Å². The molecule has 2 aromatic carbocycles. The molecule has 0 atom stereocenters. The monoisotopic (exact) mass is 244 g/mol. The third-order valence-electron chi connectivity index (χ3n) is 1.76. The van der Waals surface area contributed by atoms with Crippen molar-refractivity contribution in [2.75, 3.05) is 0 Å². The molecule has 0 aliphatic heterocycles. The number of hydrogen-bond donors (Lipinski definition) is 1. The second kappa shape index (κ2) is 5.89. The summed E-state index contributed by atoms with van der Waals surface area (Å²) in [6.07, 6.45) is 0. The van der Waals surface area contributed by atoms with Gasteiger partial charge in [0.25, 0.3) is 0 Å². The molecule has 0 aliphatic carbocycles. The van der Waals surface area contributed by atoms with Crippen molar-refractivity contribution in [3.05, 3.63) is 65.7 Å². The van der Waals surface area contributed by atoms with E-state index in [9.17, 15) is 17.6 Å². The van der Waals surface area contributed by atoms with Crippen molar-refractivity contribution in [3.8, 4) is 5.75 Å². The Morgan fingerprint density at radius 2 is 1.12 bits per heavy atom. The predicted octanol–water partition coefficient (Wildman–Crippen LogP) is 3.64. The lowest BCUT2D eigenvalue weighted by molar-refractivity contribution is 0.407. The summed E-state index contributed by atoms with van der Waals surface area (Å²) < 4.78 is 48.0. The summed E-state index contributed by atoms with van der Waals surface area (Å²) in [7, 11) is 0. The second-order valence-electron chi connectivity index (χ2n) is 2.99. The Morgan fingerprint density at radius 1 is 0.647 bits per heavy atom.